The molecule has 0 aromatic heterocycles. The quantitative estimate of drug-likeness (QED) is 0.111. The number of hydrogen-bond acceptors (Lipinski definition) is 0. The minimum atomic E-state index is 1.32. The van der Waals surface area contributed by atoms with Crippen molar-refractivity contribution in [2.45, 2.75) is 13.8 Å². The van der Waals surface area contributed by atoms with Crippen molar-refractivity contribution >= 4 is 151 Å². The first-order chi connectivity index (χ1) is 26.6. The van der Waals surface area contributed by atoms with Crippen molar-refractivity contribution in [1.82, 2.24) is 0 Å². The monoisotopic (exact) mass is 676 g/mol. The fraction of sp³-hybridized carbons (Fsp3) is 0.0370. The highest BCUT2D eigenvalue weighted by atomic mass is 14.3. The van der Waals surface area contributed by atoms with Crippen LogP contribution in [0.15, 0.2) is 133 Å². The van der Waals surface area contributed by atoms with Crippen molar-refractivity contribution in [3.05, 3.63) is 145 Å². The lowest BCUT2D eigenvalue weighted by molar-refractivity contribution is 1.57. The van der Waals surface area contributed by atoms with E-state index in [1.807, 2.05) is 0 Å². The third kappa shape index (κ3) is 2.76. The molecule has 0 spiro atoms. The molecule has 0 bridgehead atoms. The van der Waals surface area contributed by atoms with E-state index in [0.29, 0.717) is 0 Å². The van der Waals surface area contributed by atoms with E-state index in [0.717, 1.165) is 0 Å². The van der Waals surface area contributed by atoms with E-state index < -0.39 is 0 Å². The molecule has 0 amide bonds. The molecule has 0 unspecified atom stereocenters. The van der Waals surface area contributed by atoms with Crippen molar-refractivity contribution in [2.75, 3.05) is 0 Å². The van der Waals surface area contributed by atoms with Gasteiger partial charge in [-0.2, -0.15) is 0 Å². The summed E-state index contributed by atoms with van der Waals surface area (Å²) in [5.74, 6) is 0. The Kier molecular flexibility index (Phi) is 4.26. The molecule has 0 aliphatic rings. The maximum Gasteiger partial charge on any atom is -0.00111 e. The van der Waals surface area contributed by atoms with E-state index in [1.54, 1.807) is 0 Å². The molecule has 0 N–H and O–H groups in total. The van der Waals surface area contributed by atoms with Gasteiger partial charge in [-0.05, 0) is 200 Å². The van der Waals surface area contributed by atoms with Crippen LogP contribution in [0.2, 0.25) is 0 Å². The van der Waals surface area contributed by atoms with Crippen molar-refractivity contribution in [2.24, 2.45) is 0 Å². The molecular formula is C54H28. The van der Waals surface area contributed by atoms with E-state index in [4.69, 9.17) is 0 Å². The lowest BCUT2D eigenvalue weighted by Gasteiger charge is -2.18. The van der Waals surface area contributed by atoms with Gasteiger partial charge >= 0.3 is 0 Å². The Morgan fingerprint density at radius 2 is 0.500 bits per heavy atom. The van der Waals surface area contributed by atoms with E-state index >= 15 is 0 Å². The van der Waals surface area contributed by atoms with Crippen LogP contribution >= 0.6 is 0 Å². The summed E-state index contributed by atoms with van der Waals surface area (Å²) in [6.45, 7) is 4.70. The third-order valence-corrected chi connectivity index (χ3v) is 13.9. The summed E-state index contributed by atoms with van der Waals surface area (Å²) < 4.78 is 0. The molecule has 15 aromatic carbocycles. The van der Waals surface area contributed by atoms with Gasteiger partial charge in [0.25, 0.3) is 0 Å². The highest BCUT2D eigenvalue weighted by Gasteiger charge is 2.25. The molecule has 0 nitrogen and oxygen atoms in total. The molecule has 0 aliphatic heterocycles. The van der Waals surface area contributed by atoms with Gasteiger partial charge in [-0.3, -0.25) is 0 Å². The normalized spacial score (nSPS) is 13.4. The molecule has 0 atom stereocenters. The first-order valence-corrected chi connectivity index (χ1v) is 19.3. The van der Waals surface area contributed by atoms with Gasteiger partial charge < -0.3 is 0 Å². The summed E-state index contributed by atoms with van der Waals surface area (Å²) in [6, 6.07) is 51.9. The van der Waals surface area contributed by atoms with Gasteiger partial charge in [-0.15, -0.1) is 0 Å². The second-order valence-electron chi connectivity index (χ2n) is 16.4. The van der Waals surface area contributed by atoms with Crippen LogP contribution in [0.1, 0.15) is 11.1 Å². The molecule has 0 saturated heterocycles. The Morgan fingerprint density at radius 1 is 0.204 bits per heavy atom. The Morgan fingerprint density at radius 3 is 0.852 bits per heavy atom. The zero-order valence-corrected chi connectivity index (χ0v) is 29.7. The predicted molar refractivity (Wildman–Crippen MR) is 237 cm³/mol. The summed E-state index contributed by atoms with van der Waals surface area (Å²) in [6.07, 6.45) is 0. The summed E-state index contributed by atoms with van der Waals surface area (Å²) in [5.41, 5.74) is 2.72. The van der Waals surface area contributed by atoms with Gasteiger partial charge in [0.2, 0.25) is 0 Å². The lowest BCUT2D eigenvalue weighted by Crippen LogP contribution is -1.91. The second-order valence-corrected chi connectivity index (χ2v) is 16.4. The average Bonchev–Trinajstić information content (AvgIpc) is 3.90. The maximum atomic E-state index is 2.51. The molecule has 0 heteroatoms. The average molecular weight is 677 g/mol. The van der Waals surface area contributed by atoms with Crippen molar-refractivity contribution < 1.29 is 0 Å². The van der Waals surface area contributed by atoms with Crippen LogP contribution in [-0.4, -0.2) is 0 Å². The number of aryl methyl sites for hydroxylation is 2. The molecule has 54 heavy (non-hydrogen) atoms. The van der Waals surface area contributed by atoms with Gasteiger partial charge in [-0.25, -0.2) is 0 Å². The van der Waals surface area contributed by atoms with Crippen LogP contribution < -0.4 is 0 Å². The molecule has 0 heterocycles. The van der Waals surface area contributed by atoms with Crippen LogP contribution in [0.4, 0.5) is 0 Å². The van der Waals surface area contributed by atoms with E-state index in [2.05, 4.69) is 147 Å². The number of fused-ring (bicyclic) bond motifs is 14. The molecule has 15 rings (SSSR count). The second kappa shape index (κ2) is 8.54. The van der Waals surface area contributed by atoms with Crippen LogP contribution in [0, 0.1) is 13.8 Å². The van der Waals surface area contributed by atoms with Crippen LogP contribution in [0.25, 0.3) is 151 Å². The van der Waals surface area contributed by atoms with Gasteiger partial charge in [0.05, 0.1) is 0 Å². The fourth-order valence-electron chi connectivity index (χ4n) is 11.9. The Bertz CT molecular complexity index is 3900. The topological polar surface area (TPSA) is 0 Å². The summed E-state index contributed by atoms with van der Waals surface area (Å²) in [7, 11) is 0. The molecule has 0 aliphatic carbocycles. The van der Waals surface area contributed by atoms with Crippen LogP contribution in [-0.2, 0) is 0 Å². The van der Waals surface area contributed by atoms with E-state index in [9.17, 15) is 0 Å². The van der Waals surface area contributed by atoms with E-state index in [1.165, 1.54) is 162 Å². The number of rotatable bonds is 0. The van der Waals surface area contributed by atoms with Crippen LogP contribution in [0.3, 0.4) is 0 Å². The third-order valence-electron chi connectivity index (χ3n) is 13.9. The molecule has 15 aromatic rings. The van der Waals surface area contributed by atoms with Gasteiger partial charge in [0, 0.05) is 0 Å². The minimum Gasteiger partial charge on any atom is -0.0610 e. The standard InChI is InChI=1S/C54H28/c1-25-19-45-43-23-39-31-13-5-9-27-7-3-11-29(49(27)31)37(39)21-41(43)33-16-18-36-48-26(2)20-46-44-24-40-32-14-6-10-28-8-4-12-30(50(28)32)38(40)22-42(44)34-15-17-35(54(48)52(34)46)47(25)53(36)51(33)45/h3-24H,1-2H3. The first-order valence-electron chi connectivity index (χ1n) is 19.3. The summed E-state index contributed by atoms with van der Waals surface area (Å²) in [5, 5.41) is 38.7. The van der Waals surface area contributed by atoms with Gasteiger partial charge in [0.15, 0.2) is 0 Å². The Labute approximate surface area is 308 Å². The summed E-state index contributed by atoms with van der Waals surface area (Å²) in [4.78, 5) is 0. The molecule has 244 valence electrons. The highest BCUT2D eigenvalue weighted by Crippen LogP contribution is 2.54. The fourth-order valence-corrected chi connectivity index (χ4v) is 11.9. The summed E-state index contributed by atoms with van der Waals surface area (Å²) >= 11 is 0. The lowest BCUT2D eigenvalue weighted by atomic mass is 9.84. The van der Waals surface area contributed by atoms with Crippen molar-refractivity contribution in [3.8, 4) is 0 Å². The smallest absolute Gasteiger partial charge is 0.00111 e. The van der Waals surface area contributed by atoms with Gasteiger partial charge in [0.1, 0.15) is 0 Å². The molecular weight excluding hydrogens is 649 g/mol. The maximum absolute atomic E-state index is 2.51. The van der Waals surface area contributed by atoms with E-state index in [-0.39, 0.29) is 0 Å². The Balaban J connectivity index is 1.12. The van der Waals surface area contributed by atoms with Crippen LogP contribution in [0.5, 0.6) is 0 Å². The highest BCUT2D eigenvalue weighted by molar-refractivity contribution is 6.48. The largest absolute Gasteiger partial charge is 0.0610 e. The first kappa shape index (κ1) is 26.9. The number of hydrogen-bond donors (Lipinski definition) is 0. The number of benzene rings is 11. The Hall–Kier alpha value is -6.76. The SMILES string of the molecule is Cc1cc2c3cc4c(cc3c3ccc5c6c(C)cc7c8cc9c(cc8c8ccc(c1c5c32)c6c87)c1cccc2cccc9c21)c1cccc2cccc4c21. The minimum absolute atomic E-state index is 1.32. The molecule has 0 radical (unpaired) electrons. The van der Waals surface area contributed by atoms with Crippen molar-refractivity contribution in [3.63, 3.8) is 0 Å². The predicted octanol–water partition coefficient (Wildman–Crippen LogP) is 15.6. The van der Waals surface area contributed by atoms with Crippen molar-refractivity contribution in [1.29, 1.82) is 0 Å². The van der Waals surface area contributed by atoms with Gasteiger partial charge in [-0.1, -0.05) is 109 Å². The zero-order valence-electron chi connectivity index (χ0n) is 29.7. The zero-order chi connectivity index (χ0) is 34.9. The molecule has 0 saturated carbocycles. The molecule has 0 fully saturated rings.